The predicted octanol–water partition coefficient (Wildman–Crippen LogP) is 4.80. The van der Waals surface area contributed by atoms with Crippen molar-refractivity contribution in [2.75, 3.05) is 25.6 Å². The summed E-state index contributed by atoms with van der Waals surface area (Å²) in [6, 6.07) is 2.03. The molecular formula is C14H25N2O4PS2. The molecule has 9 heteroatoms. The van der Waals surface area contributed by atoms with Crippen molar-refractivity contribution in [3.63, 3.8) is 0 Å². The van der Waals surface area contributed by atoms with Gasteiger partial charge in [-0.3, -0.25) is 4.57 Å². The monoisotopic (exact) mass is 380 g/mol. The average molecular weight is 380 g/mol. The van der Waals surface area contributed by atoms with Gasteiger partial charge in [0.05, 0.1) is 25.5 Å². The van der Waals surface area contributed by atoms with Crippen LogP contribution in [-0.4, -0.2) is 35.5 Å². The molecule has 0 radical (unpaired) electrons. The highest BCUT2D eigenvalue weighted by molar-refractivity contribution is 8.89. The van der Waals surface area contributed by atoms with Gasteiger partial charge in [-0.05, 0) is 27.2 Å². The fraction of sp³-hybridized carbons (Fsp3) is 0.714. The van der Waals surface area contributed by atoms with E-state index >= 15 is 0 Å². The summed E-state index contributed by atoms with van der Waals surface area (Å²) in [4.78, 5) is 8.50. The van der Waals surface area contributed by atoms with Crippen molar-refractivity contribution < 1.29 is 18.6 Å². The van der Waals surface area contributed by atoms with Gasteiger partial charge in [0.25, 0.3) is 0 Å². The number of nitrogens with zero attached hydrogens (tertiary/aromatic N) is 2. The van der Waals surface area contributed by atoms with Gasteiger partial charge in [-0.25, -0.2) is 0 Å². The molecule has 0 amide bonds. The lowest BCUT2D eigenvalue weighted by Crippen LogP contribution is -2.03. The smallest absolute Gasteiger partial charge is 0.319 e. The lowest BCUT2D eigenvalue weighted by Gasteiger charge is -2.16. The Balaban J connectivity index is 2.82. The minimum absolute atomic E-state index is 0.279. The molecule has 6 nitrogen and oxygen atoms in total. The maximum absolute atomic E-state index is 12.8. The molecule has 0 aliphatic rings. The fourth-order valence-corrected chi connectivity index (χ4v) is 8.15. The van der Waals surface area contributed by atoms with E-state index in [2.05, 4.69) is 16.9 Å². The van der Waals surface area contributed by atoms with E-state index in [9.17, 15) is 4.57 Å². The maximum atomic E-state index is 12.8. The van der Waals surface area contributed by atoms with Crippen molar-refractivity contribution in [2.45, 2.75) is 39.9 Å². The molecule has 132 valence electrons. The van der Waals surface area contributed by atoms with Crippen molar-refractivity contribution in [1.29, 1.82) is 0 Å². The van der Waals surface area contributed by atoms with Gasteiger partial charge in [-0.15, -0.1) is 0 Å². The van der Waals surface area contributed by atoms with Gasteiger partial charge >= 0.3 is 11.8 Å². The highest BCUT2D eigenvalue weighted by Gasteiger charge is 2.24. The molecule has 1 aromatic rings. The first-order valence-electron chi connectivity index (χ1n) is 7.74. The van der Waals surface area contributed by atoms with Crippen LogP contribution >= 0.6 is 28.5 Å². The van der Waals surface area contributed by atoms with Crippen molar-refractivity contribution in [1.82, 2.24) is 9.97 Å². The Morgan fingerprint density at radius 1 is 1.04 bits per heavy atom. The molecule has 1 rings (SSSR count). The molecule has 0 bridgehead atoms. The van der Waals surface area contributed by atoms with Crippen LogP contribution in [0.25, 0.3) is 0 Å². The molecule has 0 aromatic carbocycles. The molecule has 1 atom stereocenters. The van der Waals surface area contributed by atoms with Gasteiger partial charge in [-0.2, -0.15) is 9.97 Å². The lowest BCUT2D eigenvalue weighted by atomic mass is 10.4. The number of hydrogen-bond acceptors (Lipinski definition) is 8. The van der Waals surface area contributed by atoms with Crippen molar-refractivity contribution in [3.8, 4) is 11.9 Å². The maximum Gasteiger partial charge on any atom is 0.319 e. The summed E-state index contributed by atoms with van der Waals surface area (Å²) in [6.07, 6.45) is 0.957. The van der Waals surface area contributed by atoms with Crippen LogP contribution in [0.5, 0.6) is 11.9 Å². The van der Waals surface area contributed by atoms with Crippen LogP contribution in [0.1, 0.15) is 39.8 Å². The molecule has 1 aromatic heterocycles. The molecule has 1 heterocycles. The summed E-state index contributed by atoms with van der Waals surface area (Å²) in [5.74, 6) is -1.04. The van der Waals surface area contributed by atoms with Gasteiger partial charge in [0.1, 0.15) is 0 Å². The molecule has 0 aliphatic carbocycles. The summed E-state index contributed by atoms with van der Waals surface area (Å²) in [5.41, 5.74) is 0.717. The molecule has 23 heavy (non-hydrogen) atoms. The molecule has 1 unspecified atom stereocenters. The van der Waals surface area contributed by atoms with E-state index in [-0.39, 0.29) is 6.01 Å². The summed E-state index contributed by atoms with van der Waals surface area (Å²) in [5, 5.41) is 0. The first-order valence-corrected chi connectivity index (χ1v) is 12.5. The first-order chi connectivity index (χ1) is 11.1. The molecule has 0 N–H and O–H groups in total. The average Bonchev–Trinajstić information content (AvgIpc) is 2.52. The van der Waals surface area contributed by atoms with Crippen molar-refractivity contribution in [3.05, 3.63) is 11.8 Å². The lowest BCUT2D eigenvalue weighted by molar-refractivity contribution is 0.288. The Morgan fingerprint density at radius 2 is 1.78 bits per heavy atom. The van der Waals surface area contributed by atoms with Crippen molar-refractivity contribution in [2.24, 2.45) is 0 Å². The highest BCUT2D eigenvalue weighted by Crippen LogP contribution is 2.70. The van der Waals surface area contributed by atoms with Gasteiger partial charge in [0.2, 0.25) is 5.88 Å². The van der Waals surface area contributed by atoms with Gasteiger partial charge in [-0.1, -0.05) is 29.7 Å². The number of ether oxygens (including phenoxy) is 2. The summed E-state index contributed by atoms with van der Waals surface area (Å²) < 4.78 is 29.0. The Bertz CT molecular complexity index is 495. The standard InChI is InChI=1S/C14H25N2O4PS2/c1-5-9-22-21(17,20-8-4)23-11-12-10-13(18-6-2)16-14(15-12)19-7-3/h10H,5-9,11H2,1-4H3. The minimum atomic E-state index is -2.77. The zero-order valence-electron chi connectivity index (χ0n) is 14.1. The molecular weight excluding hydrogens is 355 g/mol. The van der Waals surface area contributed by atoms with Crippen LogP contribution in [0.4, 0.5) is 0 Å². The number of rotatable bonds is 12. The zero-order chi connectivity index (χ0) is 17.1. The Hall–Kier alpha value is -0.430. The fourth-order valence-electron chi connectivity index (χ4n) is 1.56. The number of hydrogen-bond donors (Lipinski definition) is 0. The van der Waals surface area contributed by atoms with Gasteiger partial charge in [0.15, 0.2) is 0 Å². The normalized spacial score (nSPS) is 13.6. The molecule has 0 saturated carbocycles. The Kier molecular flexibility index (Phi) is 10.0. The molecule has 0 fully saturated rings. The molecule has 0 saturated heterocycles. The van der Waals surface area contributed by atoms with Gasteiger partial charge < -0.3 is 14.0 Å². The third-order valence-electron chi connectivity index (χ3n) is 2.41. The van der Waals surface area contributed by atoms with E-state index in [1.807, 2.05) is 20.8 Å². The van der Waals surface area contributed by atoms with Crippen LogP contribution in [0, 0.1) is 0 Å². The predicted molar refractivity (Wildman–Crippen MR) is 97.6 cm³/mol. The molecule has 0 aliphatic heterocycles. The Labute approximate surface area is 146 Å². The van der Waals surface area contributed by atoms with E-state index in [4.69, 9.17) is 14.0 Å². The number of aromatic nitrogens is 2. The third-order valence-corrected chi connectivity index (χ3v) is 10.00. The van der Waals surface area contributed by atoms with Crippen LogP contribution in [0.15, 0.2) is 6.07 Å². The largest absolute Gasteiger partial charge is 0.478 e. The van der Waals surface area contributed by atoms with E-state index in [0.29, 0.717) is 37.1 Å². The zero-order valence-corrected chi connectivity index (χ0v) is 16.6. The van der Waals surface area contributed by atoms with Crippen LogP contribution in [-0.2, 0) is 14.8 Å². The van der Waals surface area contributed by atoms with Crippen LogP contribution < -0.4 is 9.47 Å². The topological polar surface area (TPSA) is 70.5 Å². The summed E-state index contributed by atoms with van der Waals surface area (Å²) >= 11 is 2.68. The van der Waals surface area contributed by atoms with E-state index in [0.717, 1.165) is 12.2 Å². The Morgan fingerprint density at radius 3 is 2.39 bits per heavy atom. The van der Waals surface area contributed by atoms with E-state index < -0.39 is 5.77 Å². The van der Waals surface area contributed by atoms with Crippen LogP contribution in [0.3, 0.4) is 0 Å². The summed E-state index contributed by atoms with van der Waals surface area (Å²) in [7, 11) is 0. The third kappa shape index (κ3) is 7.79. The van der Waals surface area contributed by atoms with E-state index in [1.165, 1.54) is 22.8 Å². The minimum Gasteiger partial charge on any atom is -0.478 e. The second-order valence-electron chi connectivity index (χ2n) is 4.32. The highest BCUT2D eigenvalue weighted by atomic mass is 33.1. The quantitative estimate of drug-likeness (QED) is 0.479. The molecule has 0 spiro atoms. The van der Waals surface area contributed by atoms with E-state index in [1.54, 1.807) is 6.07 Å². The SMILES string of the molecule is CCCSP(=O)(OCC)SCc1cc(OCC)nc(OCC)n1. The second kappa shape index (κ2) is 11.2. The van der Waals surface area contributed by atoms with Gasteiger partial charge in [0, 0.05) is 17.6 Å². The summed E-state index contributed by atoms with van der Waals surface area (Å²) in [6.45, 7) is 9.09. The first kappa shape index (κ1) is 20.6. The second-order valence-corrected chi connectivity index (χ2v) is 11.8. The van der Waals surface area contributed by atoms with Crippen molar-refractivity contribution >= 4 is 28.5 Å². The van der Waals surface area contributed by atoms with Crippen LogP contribution in [0.2, 0.25) is 0 Å².